The van der Waals surface area contributed by atoms with Crippen LogP contribution < -0.4 is 0 Å². The highest BCUT2D eigenvalue weighted by Crippen LogP contribution is 2.42. The minimum atomic E-state index is 0.210. The van der Waals surface area contributed by atoms with Gasteiger partial charge >= 0.3 is 0 Å². The standard InChI is InChI=1S/C19H36N4O/c1-17(2,3)22-9-7-21(8-10-22)16(24)11-20-12-19(13-20)14-23(15-19)18(4,5)6/h7-15H2,1-6H3. The minimum Gasteiger partial charge on any atom is -0.339 e. The SMILES string of the molecule is CC(C)(C)N1CCN(C(=O)CN2CC3(C2)CN(C(C)(C)C)C3)CC1. The Labute approximate surface area is 147 Å². The number of hydrogen-bond donors (Lipinski definition) is 0. The summed E-state index contributed by atoms with van der Waals surface area (Å²) < 4.78 is 0. The number of piperazine rings is 1. The van der Waals surface area contributed by atoms with Gasteiger partial charge in [-0.3, -0.25) is 19.5 Å². The van der Waals surface area contributed by atoms with Gasteiger partial charge in [-0.1, -0.05) is 0 Å². The zero-order valence-corrected chi connectivity index (χ0v) is 16.6. The highest BCUT2D eigenvalue weighted by atomic mass is 16.2. The van der Waals surface area contributed by atoms with Crippen molar-refractivity contribution in [2.75, 3.05) is 58.9 Å². The van der Waals surface area contributed by atoms with Crippen molar-refractivity contribution in [2.24, 2.45) is 5.41 Å². The van der Waals surface area contributed by atoms with Crippen LogP contribution in [0.2, 0.25) is 0 Å². The predicted molar refractivity (Wildman–Crippen MR) is 98.1 cm³/mol. The summed E-state index contributed by atoms with van der Waals surface area (Å²) in [6.45, 7) is 22.6. The maximum absolute atomic E-state index is 12.6. The third-order valence-electron chi connectivity index (χ3n) is 6.06. The topological polar surface area (TPSA) is 30.0 Å². The van der Waals surface area contributed by atoms with E-state index < -0.39 is 0 Å². The van der Waals surface area contributed by atoms with Crippen molar-refractivity contribution in [1.82, 2.24) is 19.6 Å². The van der Waals surface area contributed by atoms with E-state index in [0.717, 1.165) is 39.3 Å². The molecule has 0 aliphatic carbocycles. The first-order chi connectivity index (χ1) is 11.0. The van der Waals surface area contributed by atoms with Crippen LogP contribution in [0.15, 0.2) is 0 Å². The summed E-state index contributed by atoms with van der Waals surface area (Å²) in [6.07, 6.45) is 0. The van der Waals surface area contributed by atoms with Crippen LogP contribution in [0.1, 0.15) is 41.5 Å². The van der Waals surface area contributed by atoms with Crippen molar-refractivity contribution < 1.29 is 4.79 Å². The lowest BCUT2D eigenvalue weighted by atomic mass is 9.71. The van der Waals surface area contributed by atoms with Crippen LogP contribution >= 0.6 is 0 Å². The van der Waals surface area contributed by atoms with E-state index in [1.807, 2.05) is 0 Å². The Morgan fingerprint density at radius 2 is 1.29 bits per heavy atom. The number of carbonyl (C=O) groups is 1. The first-order valence-electron chi connectivity index (χ1n) is 9.49. The van der Waals surface area contributed by atoms with E-state index in [1.54, 1.807) is 0 Å². The molecule has 1 spiro atoms. The molecule has 3 rings (SSSR count). The zero-order chi connectivity index (χ0) is 17.8. The van der Waals surface area contributed by atoms with E-state index in [1.165, 1.54) is 13.1 Å². The van der Waals surface area contributed by atoms with Crippen LogP contribution in [0, 0.1) is 5.41 Å². The van der Waals surface area contributed by atoms with Gasteiger partial charge < -0.3 is 4.90 Å². The normalized spacial score (nSPS) is 26.3. The maximum Gasteiger partial charge on any atom is 0.236 e. The Morgan fingerprint density at radius 1 is 0.792 bits per heavy atom. The largest absolute Gasteiger partial charge is 0.339 e. The number of likely N-dealkylation sites (tertiary alicyclic amines) is 2. The third-order valence-corrected chi connectivity index (χ3v) is 6.06. The van der Waals surface area contributed by atoms with Gasteiger partial charge in [0.25, 0.3) is 0 Å². The van der Waals surface area contributed by atoms with Crippen molar-refractivity contribution in [3.05, 3.63) is 0 Å². The average molecular weight is 337 g/mol. The Bertz CT molecular complexity index is 469. The molecule has 3 aliphatic rings. The number of amides is 1. The second-order valence-corrected chi connectivity index (χ2v) is 10.2. The molecule has 0 aromatic carbocycles. The molecule has 5 nitrogen and oxygen atoms in total. The quantitative estimate of drug-likeness (QED) is 0.761. The summed E-state index contributed by atoms with van der Waals surface area (Å²) in [5.74, 6) is 0.324. The highest BCUT2D eigenvalue weighted by molar-refractivity contribution is 5.78. The molecule has 1 amide bonds. The van der Waals surface area contributed by atoms with Crippen molar-refractivity contribution in [3.8, 4) is 0 Å². The van der Waals surface area contributed by atoms with E-state index >= 15 is 0 Å². The van der Waals surface area contributed by atoms with Gasteiger partial charge in [0.2, 0.25) is 5.91 Å². The van der Waals surface area contributed by atoms with E-state index in [0.29, 0.717) is 17.9 Å². The Hall–Kier alpha value is -0.650. The first kappa shape index (κ1) is 18.2. The van der Waals surface area contributed by atoms with Gasteiger partial charge in [-0.05, 0) is 41.5 Å². The third kappa shape index (κ3) is 3.63. The summed E-state index contributed by atoms with van der Waals surface area (Å²) >= 11 is 0. The van der Waals surface area contributed by atoms with Gasteiger partial charge in [0.15, 0.2) is 0 Å². The van der Waals surface area contributed by atoms with Crippen molar-refractivity contribution in [3.63, 3.8) is 0 Å². The van der Waals surface area contributed by atoms with E-state index in [-0.39, 0.29) is 11.1 Å². The molecular formula is C19H36N4O. The molecule has 0 N–H and O–H groups in total. The summed E-state index contributed by atoms with van der Waals surface area (Å²) in [5, 5.41) is 0. The van der Waals surface area contributed by atoms with E-state index in [2.05, 4.69) is 61.1 Å². The van der Waals surface area contributed by atoms with Gasteiger partial charge in [-0.25, -0.2) is 0 Å². The molecule has 138 valence electrons. The summed E-state index contributed by atoms with van der Waals surface area (Å²) in [6, 6.07) is 0. The van der Waals surface area contributed by atoms with Crippen molar-refractivity contribution in [2.45, 2.75) is 52.6 Å². The second-order valence-electron chi connectivity index (χ2n) is 10.2. The smallest absolute Gasteiger partial charge is 0.236 e. The van der Waals surface area contributed by atoms with Crippen LogP contribution in [0.25, 0.3) is 0 Å². The Balaban J connectivity index is 1.38. The lowest BCUT2D eigenvalue weighted by Gasteiger charge is -2.63. The van der Waals surface area contributed by atoms with Gasteiger partial charge in [0, 0.05) is 68.9 Å². The monoisotopic (exact) mass is 336 g/mol. The summed E-state index contributed by atoms with van der Waals surface area (Å²) in [7, 11) is 0. The van der Waals surface area contributed by atoms with Gasteiger partial charge in [-0.2, -0.15) is 0 Å². The van der Waals surface area contributed by atoms with Gasteiger partial charge in [0.1, 0.15) is 0 Å². The van der Waals surface area contributed by atoms with Crippen LogP contribution in [-0.4, -0.2) is 95.5 Å². The fourth-order valence-corrected chi connectivity index (χ4v) is 4.37. The van der Waals surface area contributed by atoms with Crippen LogP contribution in [0.5, 0.6) is 0 Å². The minimum absolute atomic E-state index is 0.210. The van der Waals surface area contributed by atoms with Crippen LogP contribution in [0.4, 0.5) is 0 Å². The highest BCUT2D eigenvalue weighted by Gasteiger charge is 2.54. The molecule has 3 aliphatic heterocycles. The molecule has 0 radical (unpaired) electrons. The number of carbonyl (C=O) groups excluding carboxylic acids is 1. The molecule has 3 fully saturated rings. The maximum atomic E-state index is 12.6. The fraction of sp³-hybridized carbons (Fsp3) is 0.947. The number of rotatable bonds is 2. The average Bonchev–Trinajstić information content (AvgIpc) is 2.37. The lowest BCUT2D eigenvalue weighted by Crippen LogP contribution is -2.75. The van der Waals surface area contributed by atoms with E-state index in [4.69, 9.17) is 0 Å². The molecule has 24 heavy (non-hydrogen) atoms. The zero-order valence-electron chi connectivity index (χ0n) is 16.6. The molecule has 0 aromatic rings. The second kappa shape index (κ2) is 5.96. The lowest BCUT2D eigenvalue weighted by molar-refractivity contribution is -0.157. The molecule has 0 saturated carbocycles. The van der Waals surface area contributed by atoms with Gasteiger partial charge in [0.05, 0.1) is 6.54 Å². The molecule has 0 aromatic heterocycles. The van der Waals surface area contributed by atoms with Crippen molar-refractivity contribution in [1.29, 1.82) is 0 Å². The van der Waals surface area contributed by atoms with Crippen LogP contribution in [-0.2, 0) is 4.79 Å². The number of hydrogen-bond acceptors (Lipinski definition) is 4. The fourth-order valence-electron chi connectivity index (χ4n) is 4.37. The molecule has 3 saturated heterocycles. The molecule has 0 bridgehead atoms. The number of nitrogens with zero attached hydrogens (tertiary/aromatic N) is 4. The Kier molecular flexibility index (Phi) is 4.51. The summed E-state index contributed by atoms with van der Waals surface area (Å²) in [5.41, 5.74) is 0.981. The van der Waals surface area contributed by atoms with E-state index in [9.17, 15) is 4.79 Å². The predicted octanol–water partition coefficient (Wildman–Crippen LogP) is 1.35. The van der Waals surface area contributed by atoms with Crippen LogP contribution in [0.3, 0.4) is 0 Å². The molecule has 0 atom stereocenters. The molecule has 3 heterocycles. The molecule has 5 heteroatoms. The van der Waals surface area contributed by atoms with Gasteiger partial charge in [-0.15, -0.1) is 0 Å². The molecule has 0 unspecified atom stereocenters. The first-order valence-corrected chi connectivity index (χ1v) is 9.49. The summed E-state index contributed by atoms with van der Waals surface area (Å²) in [4.78, 5) is 22.0. The molecular weight excluding hydrogens is 300 g/mol. The van der Waals surface area contributed by atoms with Crippen molar-refractivity contribution >= 4 is 5.91 Å². The Morgan fingerprint density at radius 3 is 1.75 bits per heavy atom.